The number of hydrogen-bond acceptors (Lipinski definition) is 4. The van der Waals surface area contributed by atoms with Crippen LogP contribution in [0.25, 0.3) is 10.8 Å². The molecule has 1 aromatic heterocycles. The molecule has 1 amide bonds. The van der Waals surface area contributed by atoms with Crippen molar-refractivity contribution in [2.75, 3.05) is 39.4 Å². The number of amides is 1. The third-order valence-electron chi connectivity index (χ3n) is 7.14. The Kier molecular flexibility index (Phi) is 6.98. The third-order valence-corrected chi connectivity index (χ3v) is 7.14. The van der Waals surface area contributed by atoms with E-state index in [9.17, 15) is 4.79 Å². The molecule has 5 rings (SSSR count). The van der Waals surface area contributed by atoms with Crippen molar-refractivity contribution >= 4 is 16.7 Å². The molecule has 2 aromatic carbocycles. The van der Waals surface area contributed by atoms with Crippen molar-refractivity contribution in [3.8, 4) is 0 Å². The highest BCUT2D eigenvalue weighted by molar-refractivity contribution is 5.95. The van der Waals surface area contributed by atoms with Gasteiger partial charge in [-0.25, -0.2) is 0 Å². The summed E-state index contributed by atoms with van der Waals surface area (Å²) in [5.74, 6) is 0.769. The first-order valence-electron chi connectivity index (χ1n) is 12.3. The molecular weight excluding hydrogens is 410 g/mol. The smallest absolute Gasteiger partial charge is 0.254 e. The maximum Gasteiger partial charge on any atom is 0.254 e. The fourth-order valence-electron chi connectivity index (χ4n) is 5.26. The molecule has 33 heavy (non-hydrogen) atoms. The highest BCUT2D eigenvalue weighted by Crippen LogP contribution is 2.27. The Morgan fingerprint density at radius 2 is 1.73 bits per heavy atom. The number of nitrogens with zero attached hydrogens (tertiary/aromatic N) is 3. The van der Waals surface area contributed by atoms with Gasteiger partial charge in [0.25, 0.3) is 5.91 Å². The van der Waals surface area contributed by atoms with Crippen molar-refractivity contribution < 1.29 is 9.53 Å². The highest BCUT2D eigenvalue weighted by Gasteiger charge is 2.24. The van der Waals surface area contributed by atoms with Gasteiger partial charge < -0.3 is 9.64 Å². The van der Waals surface area contributed by atoms with Crippen molar-refractivity contribution in [2.45, 2.75) is 32.2 Å². The molecule has 2 aliphatic rings. The van der Waals surface area contributed by atoms with Gasteiger partial charge in [0.2, 0.25) is 0 Å². The molecule has 0 unspecified atom stereocenters. The van der Waals surface area contributed by atoms with Crippen molar-refractivity contribution in [1.29, 1.82) is 0 Å². The average Bonchev–Trinajstić information content (AvgIpc) is 3.10. The van der Waals surface area contributed by atoms with Gasteiger partial charge in [-0.3, -0.25) is 14.7 Å². The Balaban J connectivity index is 1.25. The first-order valence-corrected chi connectivity index (χ1v) is 12.3. The minimum Gasteiger partial charge on any atom is -0.379 e. The lowest BCUT2D eigenvalue weighted by molar-refractivity contribution is 0.0340. The average molecular weight is 444 g/mol. The van der Waals surface area contributed by atoms with Crippen LogP contribution in [0, 0.1) is 5.92 Å². The zero-order valence-electron chi connectivity index (χ0n) is 19.3. The molecule has 1 atom stereocenters. The molecule has 2 fully saturated rings. The summed E-state index contributed by atoms with van der Waals surface area (Å²) in [4.78, 5) is 22.5. The first kappa shape index (κ1) is 22.1. The number of carbonyl (C=O) groups excluding carboxylic acids is 1. The minimum atomic E-state index is 0.186. The Bertz CT molecular complexity index is 1090. The summed E-state index contributed by atoms with van der Waals surface area (Å²) in [6.45, 7) is 5.89. The van der Waals surface area contributed by atoms with Crippen LogP contribution in [0.5, 0.6) is 0 Å². The fourth-order valence-corrected chi connectivity index (χ4v) is 5.26. The zero-order valence-corrected chi connectivity index (χ0v) is 19.3. The topological polar surface area (TPSA) is 45.7 Å². The van der Waals surface area contributed by atoms with Crippen LogP contribution in [-0.4, -0.2) is 60.1 Å². The predicted octanol–water partition coefficient (Wildman–Crippen LogP) is 4.55. The van der Waals surface area contributed by atoms with E-state index in [0.717, 1.165) is 82.7 Å². The largest absolute Gasteiger partial charge is 0.379 e. The molecule has 0 aliphatic carbocycles. The van der Waals surface area contributed by atoms with Gasteiger partial charge in [0, 0.05) is 56.1 Å². The SMILES string of the molecule is O=C(c1ccccc1CN1CCOCC1)N1CCC[C@@H](Cc2cncc3ccccc23)CC1. The van der Waals surface area contributed by atoms with E-state index in [4.69, 9.17) is 4.74 Å². The molecule has 0 bridgehead atoms. The fraction of sp³-hybridized carbons (Fsp3) is 0.429. The van der Waals surface area contributed by atoms with E-state index in [0.29, 0.717) is 5.92 Å². The first-order chi connectivity index (χ1) is 16.3. The van der Waals surface area contributed by atoms with Gasteiger partial charge >= 0.3 is 0 Å². The van der Waals surface area contributed by atoms with Crippen LogP contribution in [0.3, 0.4) is 0 Å². The molecule has 2 aliphatic heterocycles. The third kappa shape index (κ3) is 5.26. The maximum atomic E-state index is 13.5. The Morgan fingerprint density at radius 1 is 0.909 bits per heavy atom. The summed E-state index contributed by atoms with van der Waals surface area (Å²) in [6, 6.07) is 16.7. The van der Waals surface area contributed by atoms with Gasteiger partial charge in [0.05, 0.1) is 13.2 Å². The molecule has 0 radical (unpaired) electrons. The molecule has 0 spiro atoms. The van der Waals surface area contributed by atoms with E-state index in [-0.39, 0.29) is 5.91 Å². The molecule has 172 valence electrons. The van der Waals surface area contributed by atoms with E-state index in [1.807, 2.05) is 30.6 Å². The van der Waals surface area contributed by atoms with Gasteiger partial charge in [-0.05, 0) is 54.2 Å². The van der Waals surface area contributed by atoms with E-state index in [1.165, 1.54) is 16.3 Å². The molecule has 0 N–H and O–H groups in total. The molecule has 3 aromatic rings. The number of rotatable bonds is 5. The molecule has 5 heteroatoms. The van der Waals surface area contributed by atoms with Crippen molar-refractivity contribution in [3.63, 3.8) is 0 Å². The number of pyridine rings is 1. The summed E-state index contributed by atoms with van der Waals surface area (Å²) in [5, 5.41) is 2.51. The number of likely N-dealkylation sites (tertiary alicyclic amines) is 1. The van der Waals surface area contributed by atoms with Crippen molar-refractivity contribution in [3.05, 3.63) is 77.6 Å². The van der Waals surface area contributed by atoms with Gasteiger partial charge in [-0.15, -0.1) is 0 Å². The number of benzene rings is 2. The molecule has 2 saturated heterocycles. The normalized spacial score (nSPS) is 20.0. The van der Waals surface area contributed by atoms with E-state index >= 15 is 0 Å². The second-order valence-electron chi connectivity index (χ2n) is 9.36. The van der Waals surface area contributed by atoms with E-state index in [2.05, 4.69) is 45.1 Å². The van der Waals surface area contributed by atoms with Gasteiger partial charge in [0.1, 0.15) is 0 Å². The van der Waals surface area contributed by atoms with Crippen LogP contribution in [0.4, 0.5) is 0 Å². The standard InChI is InChI=1S/C28H33N3O2/c32-28(27-10-4-2-8-24(27)21-30-14-16-33-17-15-30)31-12-5-6-22(11-13-31)18-25-20-29-19-23-7-1-3-9-26(23)25/h1-4,7-10,19-20,22H,5-6,11-18,21H2/t22-/m1/s1. The Hall–Kier alpha value is -2.76. The Labute approximate surface area is 196 Å². The lowest BCUT2D eigenvalue weighted by Crippen LogP contribution is -2.37. The second-order valence-corrected chi connectivity index (χ2v) is 9.36. The molecule has 5 nitrogen and oxygen atoms in total. The quantitative estimate of drug-likeness (QED) is 0.580. The van der Waals surface area contributed by atoms with Crippen LogP contribution in [0.1, 0.15) is 40.7 Å². The zero-order chi connectivity index (χ0) is 22.5. The molecule has 0 saturated carbocycles. The summed E-state index contributed by atoms with van der Waals surface area (Å²) in [7, 11) is 0. The summed E-state index contributed by atoms with van der Waals surface area (Å²) in [6.07, 6.45) is 8.26. The van der Waals surface area contributed by atoms with Gasteiger partial charge in [0.15, 0.2) is 0 Å². The summed E-state index contributed by atoms with van der Waals surface area (Å²) >= 11 is 0. The van der Waals surface area contributed by atoms with E-state index in [1.54, 1.807) is 0 Å². The second kappa shape index (κ2) is 10.4. The molecule has 3 heterocycles. The summed E-state index contributed by atoms with van der Waals surface area (Å²) in [5.41, 5.74) is 3.32. The predicted molar refractivity (Wildman–Crippen MR) is 131 cm³/mol. The molecular formula is C28H33N3O2. The lowest BCUT2D eigenvalue weighted by Gasteiger charge is -2.28. The van der Waals surface area contributed by atoms with Gasteiger partial charge in [-0.2, -0.15) is 0 Å². The Morgan fingerprint density at radius 3 is 2.64 bits per heavy atom. The van der Waals surface area contributed by atoms with Crippen LogP contribution in [0.2, 0.25) is 0 Å². The minimum absolute atomic E-state index is 0.186. The van der Waals surface area contributed by atoms with Crippen LogP contribution < -0.4 is 0 Å². The monoisotopic (exact) mass is 443 g/mol. The lowest BCUT2D eigenvalue weighted by atomic mass is 9.91. The highest BCUT2D eigenvalue weighted by atomic mass is 16.5. The number of aromatic nitrogens is 1. The number of fused-ring (bicyclic) bond motifs is 1. The van der Waals surface area contributed by atoms with Crippen molar-refractivity contribution in [1.82, 2.24) is 14.8 Å². The van der Waals surface area contributed by atoms with Gasteiger partial charge in [-0.1, -0.05) is 42.5 Å². The van der Waals surface area contributed by atoms with Crippen molar-refractivity contribution in [2.24, 2.45) is 5.92 Å². The number of hydrogen-bond donors (Lipinski definition) is 0. The number of carbonyl (C=O) groups is 1. The van der Waals surface area contributed by atoms with Crippen LogP contribution in [0.15, 0.2) is 60.9 Å². The number of morpholine rings is 1. The number of ether oxygens (including phenoxy) is 1. The van der Waals surface area contributed by atoms with Crippen LogP contribution >= 0.6 is 0 Å². The van der Waals surface area contributed by atoms with E-state index < -0.39 is 0 Å². The maximum absolute atomic E-state index is 13.5. The summed E-state index contributed by atoms with van der Waals surface area (Å²) < 4.78 is 5.48. The van der Waals surface area contributed by atoms with Crippen LogP contribution in [-0.2, 0) is 17.7 Å².